The maximum atomic E-state index is 12.2. The quantitative estimate of drug-likeness (QED) is 0.540. The monoisotopic (exact) mass is 421 g/mol. The maximum Gasteiger partial charge on any atom is 0.312 e. The number of nitro groups is 1. The number of nitrogens with zero attached hydrogens (tertiary/aromatic N) is 2. The summed E-state index contributed by atoms with van der Waals surface area (Å²) >= 11 is 7.74. The van der Waals surface area contributed by atoms with Gasteiger partial charge in [-0.25, -0.2) is 0 Å². The van der Waals surface area contributed by atoms with Crippen molar-refractivity contribution >= 4 is 40.6 Å². The highest BCUT2D eigenvalue weighted by atomic mass is 35.5. The first-order valence-corrected chi connectivity index (χ1v) is 10.3. The number of nitrogens with one attached hydrogen (secondary N) is 1. The van der Waals surface area contributed by atoms with E-state index < -0.39 is 10.8 Å². The number of anilines is 1. The molecule has 0 unspecified atom stereocenters. The molecule has 1 saturated heterocycles. The summed E-state index contributed by atoms with van der Waals surface area (Å²) in [6, 6.07) is 11.7. The molecule has 7 nitrogen and oxygen atoms in total. The average Bonchev–Trinajstić information content (AvgIpc) is 2.68. The van der Waals surface area contributed by atoms with Gasteiger partial charge in [0.25, 0.3) is 5.91 Å². The van der Waals surface area contributed by atoms with Crippen molar-refractivity contribution in [3.05, 3.63) is 63.2 Å². The summed E-state index contributed by atoms with van der Waals surface area (Å²) in [7, 11) is 0. The van der Waals surface area contributed by atoms with Crippen LogP contribution in [0.25, 0.3) is 0 Å². The van der Waals surface area contributed by atoms with Crippen LogP contribution in [-0.4, -0.2) is 46.9 Å². The Morgan fingerprint density at radius 2 is 2.04 bits per heavy atom. The van der Waals surface area contributed by atoms with Gasteiger partial charge in [-0.05, 0) is 29.8 Å². The highest BCUT2D eigenvalue weighted by Gasteiger charge is 2.17. The van der Waals surface area contributed by atoms with E-state index >= 15 is 0 Å². The van der Waals surface area contributed by atoms with Crippen molar-refractivity contribution in [1.29, 1.82) is 0 Å². The topological polar surface area (TPSA) is 84.7 Å². The van der Waals surface area contributed by atoms with E-state index in [9.17, 15) is 14.9 Å². The summed E-state index contributed by atoms with van der Waals surface area (Å²) in [5.74, 6) is 1.90. The van der Waals surface area contributed by atoms with Crippen molar-refractivity contribution in [1.82, 2.24) is 4.90 Å². The summed E-state index contributed by atoms with van der Waals surface area (Å²) in [5, 5.41) is 14.1. The van der Waals surface area contributed by atoms with E-state index in [1.807, 2.05) is 30.0 Å². The molecular weight excluding hydrogens is 402 g/mol. The standard InChI is InChI=1S/C19H20ClN3O4S/c20-15-4-5-18(17(11-15)23(25)26)27-13-19(24)21-16-3-1-2-14(10-16)12-22-6-8-28-9-7-22/h1-5,10-11H,6-9,12-13H2,(H,21,24). The van der Waals surface area contributed by atoms with Crippen molar-refractivity contribution in [2.45, 2.75) is 6.54 Å². The van der Waals surface area contributed by atoms with Gasteiger partial charge in [0.05, 0.1) is 4.92 Å². The second-order valence-electron chi connectivity index (χ2n) is 6.29. The predicted octanol–water partition coefficient (Wildman–Crippen LogP) is 3.81. The Balaban J connectivity index is 1.56. The number of halogens is 1. The lowest BCUT2D eigenvalue weighted by molar-refractivity contribution is -0.385. The number of amides is 1. The minimum absolute atomic E-state index is 0.00118. The second-order valence-corrected chi connectivity index (χ2v) is 7.96. The third-order valence-electron chi connectivity index (χ3n) is 4.20. The van der Waals surface area contributed by atoms with Crippen molar-refractivity contribution < 1.29 is 14.5 Å². The minimum Gasteiger partial charge on any atom is -0.477 e. The van der Waals surface area contributed by atoms with Crippen molar-refractivity contribution in [3.63, 3.8) is 0 Å². The van der Waals surface area contributed by atoms with Gasteiger partial charge in [-0.1, -0.05) is 23.7 Å². The number of hydrogen-bond donors (Lipinski definition) is 1. The van der Waals surface area contributed by atoms with Crippen LogP contribution >= 0.6 is 23.4 Å². The molecule has 0 saturated carbocycles. The fraction of sp³-hybridized carbons (Fsp3) is 0.316. The number of rotatable bonds is 7. The first-order chi connectivity index (χ1) is 13.5. The Morgan fingerprint density at radius 3 is 2.79 bits per heavy atom. The SMILES string of the molecule is O=C(COc1ccc(Cl)cc1[N+](=O)[O-])Nc1cccc(CN2CCSCC2)c1. The Kier molecular flexibility index (Phi) is 7.13. The predicted molar refractivity (Wildman–Crippen MR) is 111 cm³/mol. The number of carbonyl (C=O) groups is 1. The Hall–Kier alpha value is -2.29. The van der Waals surface area contributed by atoms with Crippen LogP contribution in [0.15, 0.2) is 42.5 Å². The minimum atomic E-state index is -0.596. The summed E-state index contributed by atoms with van der Waals surface area (Å²) in [6.45, 7) is 2.64. The molecule has 0 spiro atoms. The zero-order chi connectivity index (χ0) is 19.9. The van der Waals surface area contributed by atoms with Crippen LogP contribution in [0, 0.1) is 10.1 Å². The fourth-order valence-corrected chi connectivity index (χ4v) is 4.01. The molecule has 1 fully saturated rings. The molecule has 2 aromatic rings. The first-order valence-electron chi connectivity index (χ1n) is 8.77. The molecule has 1 aliphatic heterocycles. The third kappa shape index (κ3) is 5.85. The molecule has 148 valence electrons. The van der Waals surface area contributed by atoms with E-state index in [0.29, 0.717) is 5.69 Å². The third-order valence-corrected chi connectivity index (χ3v) is 5.37. The normalized spacial score (nSPS) is 14.5. The molecule has 0 aromatic heterocycles. The summed E-state index contributed by atoms with van der Waals surface area (Å²) in [4.78, 5) is 25.1. The number of hydrogen-bond acceptors (Lipinski definition) is 6. The molecule has 0 bridgehead atoms. The van der Waals surface area contributed by atoms with Crippen LogP contribution in [0.3, 0.4) is 0 Å². The van der Waals surface area contributed by atoms with E-state index in [0.717, 1.165) is 36.7 Å². The number of thioether (sulfide) groups is 1. The molecule has 1 heterocycles. The van der Waals surface area contributed by atoms with Crippen LogP contribution < -0.4 is 10.1 Å². The molecule has 1 aliphatic rings. The van der Waals surface area contributed by atoms with E-state index in [1.165, 1.54) is 18.2 Å². The van der Waals surface area contributed by atoms with Gasteiger partial charge in [-0.15, -0.1) is 0 Å². The van der Waals surface area contributed by atoms with E-state index in [2.05, 4.69) is 10.2 Å². The maximum absolute atomic E-state index is 12.2. The van der Waals surface area contributed by atoms with Crippen molar-refractivity contribution in [2.24, 2.45) is 0 Å². The Morgan fingerprint density at radius 1 is 1.25 bits per heavy atom. The molecule has 2 aromatic carbocycles. The smallest absolute Gasteiger partial charge is 0.312 e. The zero-order valence-corrected chi connectivity index (χ0v) is 16.7. The first kappa shape index (κ1) is 20.4. The van der Waals surface area contributed by atoms with Crippen LogP contribution in [0.2, 0.25) is 5.02 Å². The number of ether oxygens (including phenoxy) is 1. The van der Waals surface area contributed by atoms with E-state index in [1.54, 1.807) is 6.07 Å². The summed E-state index contributed by atoms with van der Waals surface area (Å²) in [6.07, 6.45) is 0. The van der Waals surface area contributed by atoms with Gasteiger partial charge in [0.15, 0.2) is 12.4 Å². The van der Waals surface area contributed by atoms with E-state index in [-0.39, 0.29) is 23.1 Å². The summed E-state index contributed by atoms with van der Waals surface area (Å²) in [5.41, 5.74) is 1.52. The molecule has 0 aliphatic carbocycles. The van der Waals surface area contributed by atoms with Crippen LogP contribution in [0.1, 0.15) is 5.56 Å². The molecule has 1 N–H and O–H groups in total. The van der Waals surface area contributed by atoms with Gasteiger partial charge in [0, 0.05) is 47.9 Å². The fourth-order valence-electron chi connectivity index (χ4n) is 2.86. The molecule has 28 heavy (non-hydrogen) atoms. The number of carbonyl (C=O) groups excluding carboxylic acids is 1. The number of benzene rings is 2. The van der Waals surface area contributed by atoms with Gasteiger partial charge < -0.3 is 10.1 Å². The Labute approximate surface area is 172 Å². The van der Waals surface area contributed by atoms with Crippen LogP contribution in [-0.2, 0) is 11.3 Å². The Bertz CT molecular complexity index is 859. The molecule has 1 amide bonds. The van der Waals surface area contributed by atoms with Gasteiger partial charge >= 0.3 is 5.69 Å². The summed E-state index contributed by atoms with van der Waals surface area (Å²) < 4.78 is 5.32. The highest BCUT2D eigenvalue weighted by molar-refractivity contribution is 7.99. The highest BCUT2D eigenvalue weighted by Crippen LogP contribution is 2.29. The molecule has 9 heteroatoms. The molecule has 0 atom stereocenters. The molecule has 3 rings (SSSR count). The second kappa shape index (κ2) is 9.77. The lowest BCUT2D eigenvalue weighted by Gasteiger charge is -2.26. The van der Waals surface area contributed by atoms with Crippen LogP contribution in [0.5, 0.6) is 5.75 Å². The van der Waals surface area contributed by atoms with Crippen molar-refractivity contribution in [3.8, 4) is 5.75 Å². The number of nitro benzene ring substituents is 1. The van der Waals surface area contributed by atoms with Gasteiger partial charge in [-0.2, -0.15) is 11.8 Å². The van der Waals surface area contributed by atoms with E-state index in [4.69, 9.17) is 16.3 Å². The van der Waals surface area contributed by atoms with Gasteiger partial charge in [0.1, 0.15) is 0 Å². The lowest BCUT2D eigenvalue weighted by atomic mass is 10.2. The molecule has 0 radical (unpaired) electrons. The molecular formula is C19H20ClN3O4S. The van der Waals surface area contributed by atoms with Gasteiger partial charge in [-0.3, -0.25) is 19.8 Å². The van der Waals surface area contributed by atoms with Crippen molar-refractivity contribution in [2.75, 3.05) is 36.5 Å². The zero-order valence-electron chi connectivity index (χ0n) is 15.1. The average molecular weight is 422 g/mol. The largest absolute Gasteiger partial charge is 0.477 e. The lowest BCUT2D eigenvalue weighted by Crippen LogP contribution is -2.32. The van der Waals surface area contributed by atoms with Gasteiger partial charge in [0.2, 0.25) is 0 Å². The van der Waals surface area contributed by atoms with Crippen LogP contribution in [0.4, 0.5) is 11.4 Å².